The van der Waals surface area contributed by atoms with Crippen LogP contribution in [0, 0.1) is 0 Å². The van der Waals surface area contributed by atoms with Crippen LogP contribution in [0.2, 0.25) is 0 Å². The molecule has 0 bridgehead atoms. The molecule has 4 nitrogen and oxygen atoms in total. The number of nitrogens with zero attached hydrogens (tertiary/aromatic N) is 1. The van der Waals surface area contributed by atoms with Crippen molar-refractivity contribution in [3.63, 3.8) is 0 Å². The smallest absolute Gasteiger partial charge is 0.303 e. The number of carboxylic acid groups (broad SMARTS) is 1. The van der Waals surface area contributed by atoms with Crippen molar-refractivity contribution < 1.29 is 15.0 Å². The topological polar surface area (TPSA) is 60.5 Å². The second-order valence-electron chi connectivity index (χ2n) is 2.31. The predicted octanol–water partition coefficient (Wildman–Crippen LogP) is -0.225. The van der Waals surface area contributed by atoms with Gasteiger partial charge in [0.2, 0.25) is 0 Å². The Morgan fingerprint density at radius 1 is 1.55 bits per heavy atom. The standard InChI is InChI=1S/C4H9NO.C3H6O2/c6-4-3-5-1-2-5;1-2-3(4)5/h6H,1-4H2;2H2,1H3,(H,4,5). The van der Waals surface area contributed by atoms with E-state index in [4.69, 9.17) is 10.2 Å². The first-order valence-corrected chi connectivity index (χ1v) is 3.75. The predicted molar refractivity (Wildman–Crippen MR) is 41.5 cm³/mol. The number of carbonyl (C=O) groups is 1. The third-order valence-electron chi connectivity index (χ3n) is 1.26. The lowest BCUT2D eigenvalue weighted by atomic mass is 10.5. The van der Waals surface area contributed by atoms with Crippen LogP contribution in [-0.4, -0.2) is 47.3 Å². The molecule has 66 valence electrons. The van der Waals surface area contributed by atoms with Gasteiger partial charge in [-0.3, -0.25) is 9.69 Å². The van der Waals surface area contributed by atoms with Gasteiger partial charge in [0.05, 0.1) is 6.61 Å². The number of carboxylic acids is 1. The summed E-state index contributed by atoms with van der Waals surface area (Å²) in [5.74, 6) is -0.745. The second-order valence-corrected chi connectivity index (χ2v) is 2.31. The van der Waals surface area contributed by atoms with Gasteiger partial charge in [0.25, 0.3) is 0 Å². The molecule has 0 amide bonds. The minimum atomic E-state index is -0.745. The Balaban J connectivity index is 0.000000187. The fourth-order valence-electron chi connectivity index (χ4n) is 0.436. The average Bonchev–Trinajstić information content (AvgIpc) is 2.74. The van der Waals surface area contributed by atoms with E-state index in [9.17, 15) is 4.79 Å². The van der Waals surface area contributed by atoms with Gasteiger partial charge in [0.15, 0.2) is 0 Å². The fourth-order valence-corrected chi connectivity index (χ4v) is 0.436. The molecular weight excluding hydrogens is 146 g/mol. The van der Waals surface area contributed by atoms with Crippen molar-refractivity contribution in [1.82, 2.24) is 4.90 Å². The lowest BCUT2D eigenvalue weighted by molar-refractivity contribution is -0.136. The number of hydrogen-bond acceptors (Lipinski definition) is 3. The quantitative estimate of drug-likeness (QED) is 0.561. The summed E-state index contributed by atoms with van der Waals surface area (Å²) in [6.07, 6.45) is 0.222. The van der Waals surface area contributed by atoms with Gasteiger partial charge in [0.1, 0.15) is 0 Å². The van der Waals surface area contributed by atoms with E-state index in [-0.39, 0.29) is 6.42 Å². The first-order chi connectivity index (χ1) is 5.20. The fraction of sp³-hybridized carbons (Fsp3) is 0.857. The molecule has 11 heavy (non-hydrogen) atoms. The summed E-state index contributed by atoms with van der Waals surface area (Å²) in [7, 11) is 0. The van der Waals surface area contributed by atoms with Gasteiger partial charge in [-0.1, -0.05) is 6.92 Å². The SMILES string of the molecule is CCC(=O)O.OCCN1CC1. The minimum Gasteiger partial charge on any atom is -0.481 e. The molecule has 0 aromatic heterocycles. The van der Waals surface area contributed by atoms with E-state index >= 15 is 0 Å². The Labute approximate surface area is 66.4 Å². The van der Waals surface area contributed by atoms with Gasteiger partial charge in [-0.15, -0.1) is 0 Å². The van der Waals surface area contributed by atoms with E-state index < -0.39 is 5.97 Å². The average molecular weight is 161 g/mol. The van der Waals surface area contributed by atoms with Gasteiger partial charge in [-0.2, -0.15) is 0 Å². The number of aliphatic hydroxyl groups excluding tert-OH is 1. The molecule has 1 heterocycles. The summed E-state index contributed by atoms with van der Waals surface area (Å²) < 4.78 is 0. The molecular formula is C7H15NO3. The highest BCUT2D eigenvalue weighted by Gasteiger charge is 2.14. The number of aliphatic hydroxyl groups is 1. The molecule has 0 spiro atoms. The maximum absolute atomic E-state index is 9.37. The highest BCUT2D eigenvalue weighted by Crippen LogP contribution is 1.99. The van der Waals surface area contributed by atoms with Crippen molar-refractivity contribution in [3.8, 4) is 0 Å². The highest BCUT2D eigenvalue weighted by molar-refractivity contribution is 5.66. The third-order valence-corrected chi connectivity index (χ3v) is 1.26. The van der Waals surface area contributed by atoms with E-state index in [2.05, 4.69) is 4.90 Å². The van der Waals surface area contributed by atoms with Crippen molar-refractivity contribution in [3.05, 3.63) is 0 Å². The molecule has 1 rings (SSSR count). The molecule has 0 radical (unpaired) electrons. The van der Waals surface area contributed by atoms with Crippen LogP contribution in [0.4, 0.5) is 0 Å². The van der Waals surface area contributed by atoms with E-state index in [0.29, 0.717) is 6.61 Å². The molecule has 0 unspecified atom stereocenters. The molecule has 1 aliphatic heterocycles. The molecule has 0 aromatic rings. The zero-order valence-electron chi connectivity index (χ0n) is 6.79. The number of aliphatic carboxylic acids is 1. The molecule has 1 aliphatic rings. The number of hydrogen-bond donors (Lipinski definition) is 2. The maximum Gasteiger partial charge on any atom is 0.303 e. The normalized spacial score (nSPS) is 15.1. The molecule has 0 saturated carbocycles. The van der Waals surface area contributed by atoms with E-state index in [1.54, 1.807) is 6.92 Å². The molecule has 0 atom stereocenters. The zero-order chi connectivity index (χ0) is 8.69. The molecule has 0 aliphatic carbocycles. The summed E-state index contributed by atoms with van der Waals surface area (Å²) in [6, 6.07) is 0. The summed E-state index contributed by atoms with van der Waals surface area (Å²) in [6.45, 7) is 5.18. The van der Waals surface area contributed by atoms with Crippen LogP contribution in [0.5, 0.6) is 0 Å². The highest BCUT2D eigenvalue weighted by atomic mass is 16.4. The lowest BCUT2D eigenvalue weighted by Crippen LogP contribution is -2.02. The minimum absolute atomic E-state index is 0.222. The van der Waals surface area contributed by atoms with E-state index in [1.165, 1.54) is 13.1 Å². The summed E-state index contributed by atoms with van der Waals surface area (Å²) in [5.41, 5.74) is 0. The van der Waals surface area contributed by atoms with Crippen molar-refractivity contribution in [2.45, 2.75) is 13.3 Å². The van der Waals surface area contributed by atoms with Crippen molar-refractivity contribution in [1.29, 1.82) is 0 Å². The Morgan fingerprint density at radius 2 is 2.00 bits per heavy atom. The van der Waals surface area contributed by atoms with Crippen molar-refractivity contribution >= 4 is 5.97 Å². The monoisotopic (exact) mass is 161 g/mol. The van der Waals surface area contributed by atoms with Gasteiger partial charge in [0, 0.05) is 26.1 Å². The first kappa shape index (κ1) is 10.4. The Bertz CT molecular complexity index is 112. The van der Waals surface area contributed by atoms with Crippen LogP contribution in [0.3, 0.4) is 0 Å². The molecule has 4 heteroatoms. The first-order valence-electron chi connectivity index (χ1n) is 3.75. The van der Waals surface area contributed by atoms with Crippen LogP contribution in [0.15, 0.2) is 0 Å². The van der Waals surface area contributed by atoms with Gasteiger partial charge in [-0.05, 0) is 0 Å². The van der Waals surface area contributed by atoms with Crippen LogP contribution >= 0.6 is 0 Å². The van der Waals surface area contributed by atoms with Gasteiger partial charge < -0.3 is 10.2 Å². The van der Waals surface area contributed by atoms with Crippen molar-refractivity contribution in [2.24, 2.45) is 0 Å². The molecule has 0 aromatic carbocycles. The Hall–Kier alpha value is -0.610. The van der Waals surface area contributed by atoms with E-state index in [0.717, 1.165) is 6.54 Å². The van der Waals surface area contributed by atoms with Gasteiger partial charge in [-0.25, -0.2) is 0 Å². The van der Waals surface area contributed by atoms with Crippen LogP contribution in [0.25, 0.3) is 0 Å². The number of rotatable bonds is 3. The lowest BCUT2D eigenvalue weighted by Gasteiger charge is -1.88. The maximum atomic E-state index is 9.37. The summed E-state index contributed by atoms with van der Waals surface area (Å²) in [5, 5.41) is 16.0. The molecule has 1 saturated heterocycles. The number of β-amino-alcohol motifs (C(OH)–C–C–N with tert-alkyl or cyclic N) is 1. The zero-order valence-corrected chi connectivity index (χ0v) is 6.79. The molecule has 1 fully saturated rings. The van der Waals surface area contributed by atoms with Crippen molar-refractivity contribution in [2.75, 3.05) is 26.2 Å². The van der Waals surface area contributed by atoms with Crippen LogP contribution < -0.4 is 0 Å². The van der Waals surface area contributed by atoms with Crippen LogP contribution in [0.1, 0.15) is 13.3 Å². The Morgan fingerprint density at radius 3 is 2.09 bits per heavy atom. The molecule has 2 N–H and O–H groups in total. The summed E-state index contributed by atoms with van der Waals surface area (Å²) in [4.78, 5) is 11.5. The summed E-state index contributed by atoms with van der Waals surface area (Å²) >= 11 is 0. The van der Waals surface area contributed by atoms with Crippen LogP contribution in [-0.2, 0) is 4.79 Å². The third kappa shape index (κ3) is 9.39. The van der Waals surface area contributed by atoms with Gasteiger partial charge >= 0.3 is 5.97 Å². The second kappa shape index (κ2) is 6.12. The van der Waals surface area contributed by atoms with E-state index in [1.807, 2.05) is 0 Å². The Kier molecular flexibility index (Phi) is 5.78. The largest absolute Gasteiger partial charge is 0.481 e.